The number of anilines is 1. The van der Waals surface area contributed by atoms with Crippen molar-refractivity contribution in [3.05, 3.63) is 23.2 Å². The van der Waals surface area contributed by atoms with E-state index >= 15 is 0 Å². The van der Waals surface area contributed by atoms with Gasteiger partial charge in [-0.3, -0.25) is 0 Å². The van der Waals surface area contributed by atoms with Crippen molar-refractivity contribution in [3.63, 3.8) is 0 Å². The van der Waals surface area contributed by atoms with Crippen molar-refractivity contribution in [2.75, 3.05) is 5.73 Å². The monoisotopic (exact) mass is 305 g/mol. The molecule has 2 atom stereocenters. The van der Waals surface area contributed by atoms with E-state index in [1.165, 1.54) is 25.7 Å². The summed E-state index contributed by atoms with van der Waals surface area (Å²) in [5, 5.41) is 12.6. The number of tetrazole rings is 1. The Hall–Kier alpha value is -1.62. The molecule has 1 aliphatic carbocycles. The average molecular weight is 306 g/mol. The summed E-state index contributed by atoms with van der Waals surface area (Å²) in [5.74, 6) is 2.21. The summed E-state index contributed by atoms with van der Waals surface area (Å²) in [5.41, 5.74) is 7.23. The molecule has 1 heterocycles. The van der Waals surface area contributed by atoms with E-state index in [1.54, 1.807) is 6.07 Å². The average Bonchev–Trinajstić information content (AvgIpc) is 2.90. The van der Waals surface area contributed by atoms with Gasteiger partial charge in [-0.25, -0.2) is 4.68 Å². The molecule has 0 spiro atoms. The normalized spacial score (nSPS) is 22.4. The van der Waals surface area contributed by atoms with Crippen LogP contribution in [0.4, 0.5) is 5.69 Å². The number of nitrogen functional groups attached to an aromatic ring is 1. The second kappa shape index (κ2) is 6.02. The van der Waals surface area contributed by atoms with Gasteiger partial charge in [0, 0.05) is 12.1 Å². The zero-order chi connectivity index (χ0) is 14.8. The Balaban J connectivity index is 1.81. The van der Waals surface area contributed by atoms with E-state index < -0.39 is 0 Å². The molecule has 2 aromatic rings. The van der Waals surface area contributed by atoms with Gasteiger partial charge in [0.15, 0.2) is 5.82 Å². The molecule has 2 unspecified atom stereocenters. The minimum Gasteiger partial charge on any atom is -0.398 e. The maximum absolute atomic E-state index is 6.09. The molecule has 21 heavy (non-hydrogen) atoms. The van der Waals surface area contributed by atoms with Gasteiger partial charge in [-0.2, -0.15) is 0 Å². The van der Waals surface area contributed by atoms with E-state index in [4.69, 9.17) is 17.3 Å². The highest BCUT2D eigenvalue weighted by molar-refractivity contribution is 6.33. The third-order valence-corrected chi connectivity index (χ3v) is 4.59. The minimum absolute atomic E-state index is 0.535. The van der Waals surface area contributed by atoms with Crippen LogP contribution in [-0.4, -0.2) is 20.2 Å². The fourth-order valence-corrected chi connectivity index (χ4v) is 3.35. The van der Waals surface area contributed by atoms with Crippen molar-refractivity contribution < 1.29 is 0 Å². The number of benzene rings is 1. The SMILES string of the molecule is CC1CCCC(Cn2nnnc2-c2ccc(N)c(Cl)c2)C1. The van der Waals surface area contributed by atoms with Crippen LogP contribution in [0, 0.1) is 11.8 Å². The van der Waals surface area contributed by atoms with Crippen LogP contribution in [0.15, 0.2) is 18.2 Å². The lowest BCUT2D eigenvalue weighted by molar-refractivity contribution is 0.249. The van der Waals surface area contributed by atoms with Gasteiger partial charge < -0.3 is 5.73 Å². The second-order valence-electron chi connectivity index (χ2n) is 6.06. The van der Waals surface area contributed by atoms with Gasteiger partial charge in [0.05, 0.1) is 10.7 Å². The van der Waals surface area contributed by atoms with Crippen molar-refractivity contribution in [2.24, 2.45) is 11.8 Å². The molecule has 1 aromatic carbocycles. The van der Waals surface area contributed by atoms with Gasteiger partial charge >= 0.3 is 0 Å². The Labute approximate surface area is 129 Å². The molecule has 0 saturated heterocycles. The number of nitrogens with zero attached hydrogens (tertiary/aromatic N) is 4. The number of nitrogens with two attached hydrogens (primary N) is 1. The number of rotatable bonds is 3. The third-order valence-electron chi connectivity index (χ3n) is 4.27. The van der Waals surface area contributed by atoms with Crippen LogP contribution < -0.4 is 5.73 Å². The lowest BCUT2D eigenvalue weighted by Crippen LogP contribution is -2.19. The van der Waals surface area contributed by atoms with Gasteiger partial charge in [-0.05, 0) is 53.3 Å². The maximum Gasteiger partial charge on any atom is 0.182 e. The lowest BCUT2D eigenvalue weighted by atomic mass is 9.82. The molecule has 0 bridgehead atoms. The summed E-state index contributed by atoms with van der Waals surface area (Å²) in [6.07, 6.45) is 5.15. The summed E-state index contributed by atoms with van der Waals surface area (Å²) in [7, 11) is 0. The van der Waals surface area contributed by atoms with Crippen molar-refractivity contribution in [3.8, 4) is 11.4 Å². The highest BCUT2D eigenvalue weighted by Gasteiger charge is 2.21. The van der Waals surface area contributed by atoms with E-state index in [2.05, 4.69) is 22.4 Å². The van der Waals surface area contributed by atoms with Gasteiger partial charge in [-0.1, -0.05) is 31.4 Å². The summed E-state index contributed by atoms with van der Waals surface area (Å²) in [4.78, 5) is 0. The molecule has 112 valence electrons. The Morgan fingerprint density at radius 3 is 3.00 bits per heavy atom. The molecule has 1 fully saturated rings. The molecule has 6 heteroatoms. The van der Waals surface area contributed by atoms with Crippen LogP contribution in [0.5, 0.6) is 0 Å². The molecule has 2 N–H and O–H groups in total. The third kappa shape index (κ3) is 3.18. The number of aromatic nitrogens is 4. The predicted molar refractivity (Wildman–Crippen MR) is 83.8 cm³/mol. The zero-order valence-corrected chi connectivity index (χ0v) is 12.9. The van der Waals surface area contributed by atoms with Crippen molar-refractivity contribution in [1.82, 2.24) is 20.2 Å². The number of hydrogen-bond donors (Lipinski definition) is 1. The molecule has 3 rings (SSSR count). The van der Waals surface area contributed by atoms with Crippen LogP contribution in [0.25, 0.3) is 11.4 Å². The minimum atomic E-state index is 0.535. The maximum atomic E-state index is 6.09. The van der Waals surface area contributed by atoms with Crippen molar-refractivity contribution >= 4 is 17.3 Å². The Bertz CT molecular complexity index is 624. The summed E-state index contributed by atoms with van der Waals surface area (Å²) >= 11 is 6.09. The molecule has 0 radical (unpaired) electrons. The van der Waals surface area contributed by atoms with Crippen molar-refractivity contribution in [1.29, 1.82) is 0 Å². The van der Waals surface area contributed by atoms with Gasteiger partial charge in [0.25, 0.3) is 0 Å². The summed E-state index contributed by atoms with van der Waals surface area (Å²) in [6.45, 7) is 3.20. The summed E-state index contributed by atoms with van der Waals surface area (Å²) < 4.78 is 1.89. The Kier molecular flexibility index (Phi) is 4.10. The van der Waals surface area contributed by atoms with Crippen LogP contribution in [0.3, 0.4) is 0 Å². The van der Waals surface area contributed by atoms with Crippen LogP contribution in [0.1, 0.15) is 32.6 Å². The van der Waals surface area contributed by atoms with E-state index in [9.17, 15) is 0 Å². The molecular formula is C15H20ClN5. The molecule has 1 saturated carbocycles. The highest BCUT2D eigenvalue weighted by Crippen LogP contribution is 2.31. The first-order valence-electron chi connectivity index (χ1n) is 7.45. The van der Waals surface area contributed by atoms with E-state index in [1.807, 2.05) is 16.8 Å². The fourth-order valence-electron chi connectivity index (χ4n) is 3.17. The zero-order valence-electron chi connectivity index (χ0n) is 12.2. The second-order valence-corrected chi connectivity index (χ2v) is 6.47. The quantitative estimate of drug-likeness (QED) is 0.882. The Morgan fingerprint density at radius 2 is 2.24 bits per heavy atom. The molecule has 0 aliphatic heterocycles. The van der Waals surface area contributed by atoms with Gasteiger partial charge in [-0.15, -0.1) is 5.10 Å². The van der Waals surface area contributed by atoms with E-state index in [0.717, 1.165) is 23.9 Å². The molecule has 1 aliphatic rings. The van der Waals surface area contributed by atoms with E-state index in [-0.39, 0.29) is 0 Å². The number of halogens is 1. The van der Waals surface area contributed by atoms with Gasteiger partial charge in [0.1, 0.15) is 0 Å². The first-order chi connectivity index (χ1) is 10.1. The topological polar surface area (TPSA) is 69.6 Å². The summed E-state index contributed by atoms with van der Waals surface area (Å²) in [6, 6.07) is 5.52. The predicted octanol–water partition coefficient (Wildman–Crippen LogP) is 3.40. The largest absolute Gasteiger partial charge is 0.398 e. The van der Waals surface area contributed by atoms with Crippen molar-refractivity contribution in [2.45, 2.75) is 39.2 Å². The molecule has 5 nitrogen and oxygen atoms in total. The molecule has 0 amide bonds. The van der Waals surface area contributed by atoms with Crippen LogP contribution >= 0.6 is 11.6 Å². The Morgan fingerprint density at radius 1 is 1.38 bits per heavy atom. The van der Waals surface area contributed by atoms with Crippen LogP contribution in [0.2, 0.25) is 5.02 Å². The molecular weight excluding hydrogens is 286 g/mol. The standard InChI is InChI=1S/C15H20ClN5/c1-10-3-2-4-11(7-10)9-21-15(18-19-20-21)12-5-6-14(17)13(16)8-12/h5-6,8,10-11H,2-4,7,9,17H2,1H3. The first-order valence-corrected chi connectivity index (χ1v) is 7.83. The smallest absolute Gasteiger partial charge is 0.182 e. The fraction of sp³-hybridized carbons (Fsp3) is 0.533. The van der Waals surface area contributed by atoms with E-state index in [0.29, 0.717) is 16.6 Å². The molecule has 1 aromatic heterocycles. The number of hydrogen-bond acceptors (Lipinski definition) is 4. The van der Waals surface area contributed by atoms with Crippen LogP contribution in [-0.2, 0) is 6.54 Å². The highest BCUT2D eigenvalue weighted by atomic mass is 35.5. The van der Waals surface area contributed by atoms with Gasteiger partial charge in [0.2, 0.25) is 0 Å². The first kappa shape index (κ1) is 14.3. The lowest BCUT2D eigenvalue weighted by Gasteiger charge is -2.26.